The number of hydrogen-bond donors (Lipinski definition) is 3. The van der Waals surface area contributed by atoms with Crippen molar-refractivity contribution >= 4 is 17.3 Å². The summed E-state index contributed by atoms with van der Waals surface area (Å²) in [6.07, 6.45) is 0.271. The average molecular weight is 428 g/mol. The second-order valence-electron chi connectivity index (χ2n) is 8.06. The number of anilines is 1. The minimum atomic E-state index is -4.44. The quantitative estimate of drug-likeness (QED) is 0.505. The van der Waals surface area contributed by atoms with E-state index in [0.717, 1.165) is 31.4 Å². The summed E-state index contributed by atoms with van der Waals surface area (Å²) in [5.74, 6) is -0.506. The Morgan fingerprint density at radius 3 is 2.61 bits per heavy atom. The Hall–Kier alpha value is -3.29. The van der Waals surface area contributed by atoms with E-state index in [1.165, 1.54) is 23.9 Å². The van der Waals surface area contributed by atoms with Crippen LogP contribution in [0.5, 0.6) is 0 Å². The smallest absolute Gasteiger partial charge is 0.398 e. The molecule has 0 radical (unpaired) electrons. The third-order valence-electron chi connectivity index (χ3n) is 6.04. The van der Waals surface area contributed by atoms with Gasteiger partial charge in [0.05, 0.1) is 5.56 Å². The summed E-state index contributed by atoms with van der Waals surface area (Å²) in [6, 6.07) is 9.87. The van der Waals surface area contributed by atoms with Crippen LogP contribution in [0.4, 0.5) is 18.9 Å². The van der Waals surface area contributed by atoms with Gasteiger partial charge in [0.1, 0.15) is 5.71 Å². The first-order valence-corrected chi connectivity index (χ1v) is 10.0. The number of amides is 1. The molecule has 2 heterocycles. The van der Waals surface area contributed by atoms with Gasteiger partial charge in [-0.1, -0.05) is 24.3 Å². The van der Waals surface area contributed by atoms with E-state index < -0.39 is 17.6 Å². The SMILES string of the molecule is CN1C2=CCC1CC(NC(=O)C(=N)c1ccc(-c3cccc(C(F)(F)F)c3)cc1N)C2. The maximum atomic E-state index is 13.0. The number of piperidine rings is 1. The normalized spacial score (nSPS) is 20.4. The van der Waals surface area contributed by atoms with Crippen LogP contribution < -0.4 is 11.1 Å². The van der Waals surface area contributed by atoms with Gasteiger partial charge < -0.3 is 16.0 Å². The number of nitrogens with one attached hydrogen (secondary N) is 2. The lowest BCUT2D eigenvalue weighted by Gasteiger charge is -2.35. The third-order valence-corrected chi connectivity index (χ3v) is 6.04. The van der Waals surface area contributed by atoms with Crippen molar-refractivity contribution in [1.82, 2.24) is 10.2 Å². The van der Waals surface area contributed by atoms with Gasteiger partial charge in [0.2, 0.25) is 0 Å². The fourth-order valence-electron chi connectivity index (χ4n) is 4.29. The molecule has 5 nitrogen and oxygen atoms in total. The van der Waals surface area contributed by atoms with Gasteiger partial charge in [-0.2, -0.15) is 13.2 Å². The molecule has 2 aliphatic rings. The summed E-state index contributed by atoms with van der Waals surface area (Å²) in [6.45, 7) is 0. The molecule has 1 saturated heterocycles. The first-order valence-electron chi connectivity index (χ1n) is 10.0. The number of fused-ring (bicyclic) bond motifs is 2. The predicted molar refractivity (Wildman–Crippen MR) is 114 cm³/mol. The number of rotatable bonds is 4. The van der Waals surface area contributed by atoms with Crippen molar-refractivity contribution < 1.29 is 18.0 Å². The molecule has 8 heteroatoms. The zero-order valence-corrected chi connectivity index (χ0v) is 17.0. The highest BCUT2D eigenvalue weighted by atomic mass is 19.4. The highest BCUT2D eigenvalue weighted by molar-refractivity contribution is 6.45. The number of carbonyl (C=O) groups excluding carboxylic acids is 1. The molecule has 1 amide bonds. The molecule has 2 aromatic carbocycles. The summed E-state index contributed by atoms with van der Waals surface area (Å²) < 4.78 is 39.0. The van der Waals surface area contributed by atoms with Crippen molar-refractivity contribution in [2.24, 2.45) is 0 Å². The fraction of sp³-hybridized carbons (Fsp3) is 0.304. The van der Waals surface area contributed by atoms with Crippen LogP contribution in [0.25, 0.3) is 11.1 Å². The third kappa shape index (κ3) is 4.15. The Balaban J connectivity index is 1.48. The van der Waals surface area contributed by atoms with Crippen LogP contribution in [-0.2, 0) is 11.0 Å². The fourth-order valence-corrected chi connectivity index (χ4v) is 4.29. The Morgan fingerprint density at radius 2 is 1.94 bits per heavy atom. The van der Waals surface area contributed by atoms with E-state index in [-0.39, 0.29) is 23.0 Å². The average Bonchev–Trinajstić information content (AvgIpc) is 2.93. The van der Waals surface area contributed by atoms with Crippen LogP contribution in [0.15, 0.2) is 54.2 Å². The van der Waals surface area contributed by atoms with E-state index in [1.807, 2.05) is 0 Å². The van der Waals surface area contributed by atoms with Crippen molar-refractivity contribution in [3.63, 3.8) is 0 Å². The Morgan fingerprint density at radius 1 is 1.19 bits per heavy atom. The highest BCUT2D eigenvalue weighted by Crippen LogP contribution is 2.34. The molecule has 2 aromatic rings. The van der Waals surface area contributed by atoms with Crippen LogP contribution in [0.1, 0.15) is 30.4 Å². The molecule has 162 valence electrons. The monoisotopic (exact) mass is 428 g/mol. The molecule has 2 unspecified atom stereocenters. The van der Waals surface area contributed by atoms with Crippen molar-refractivity contribution in [1.29, 1.82) is 5.41 Å². The molecule has 4 N–H and O–H groups in total. The minimum absolute atomic E-state index is 0.0339. The molecule has 31 heavy (non-hydrogen) atoms. The van der Waals surface area contributed by atoms with E-state index in [4.69, 9.17) is 11.1 Å². The van der Waals surface area contributed by atoms with Gasteiger partial charge in [-0.05, 0) is 48.2 Å². The molecule has 0 aromatic heterocycles. The molecular formula is C23H23F3N4O. The van der Waals surface area contributed by atoms with Crippen LogP contribution in [0.3, 0.4) is 0 Å². The molecule has 2 atom stereocenters. The summed E-state index contributed by atoms with van der Waals surface area (Å²) in [5, 5.41) is 11.2. The summed E-state index contributed by atoms with van der Waals surface area (Å²) in [5.41, 5.74) is 7.54. The van der Waals surface area contributed by atoms with Gasteiger partial charge in [-0.25, -0.2) is 0 Å². The number of alkyl halides is 3. The molecule has 0 spiro atoms. The first-order chi connectivity index (χ1) is 14.6. The molecule has 0 aliphatic carbocycles. The molecule has 4 rings (SSSR count). The summed E-state index contributed by atoms with van der Waals surface area (Å²) in [7, 11) is 2.05. The van der Waals surface area contributed by atoms with E-state index >= 15 is 0 Å². The maximum absolute atomic E-state index is 13.0. The highest BCUT2D eigenvalue weighted by Gasteiger charge is 2.34. The molecule has 0 saturated carbocycles. The lowest BCUT2D eigenvalue weighted by atomic mass is 9.97. The number of nitrogen functional groups attached to an aromatic ring is 1. The van der Waals surface area contributed by atoms with Crippen LogP contribution in [-0.4, -0.2) is 35.7 Å². The largest absolute Gasteiger partial charge is 0.416 e. The van der Waals surface area contributed by atoms with E-state index in [0.29, 0.717) is 17.2 Å². The van der Waals surface area contributed by atoms with Gasteiger partial charge in [0.25, 0.3) is 5.91 Å². The zero-order valence-electron chi connectivity index (χ0n) is 17.0. The zero-order chi connectivity index (χ0) is 22.3. The van der Waals surface area contributed by atoms with Gasteiger partial charge >= 0.3 is 6.18 Å². The maximum Gasteiger partial charge on any atom is 0.416 e. The van der Waals surface area contributed by atoms with Crippen LogP contribution in [0, 0.1) is 5.41 Å². The number of hydrogen-bond acceptors (Lipinski definition) is 4. The van der Waals surface area contributed by atoms with Gasteiger partial charge in [-0.3, -0.25) is 10.2 Å². The van der Waals surface area contributed by atoms with Crippen LogP contribution >= 0.6 is 0 Å². The van der Waals surface area contributed by atoms with E-state index in [1.54, 1.807) is 12.1 Å². The summed E-state index contributed by atoms with van der Waals surface area (Å²) in [4.78, 5) is 14.9. The minimum Gasteiger partial charge on any atom is -0.398 e. The molecule has 2 aliphatic heterocycles. The number of halogens is 3. The second kappa shape index (κ2) is 7.76. The molecular weight excluding hydrogens is 405 g/mol. The molecule has 2 bridgehead atoms. The Kier molecular flexibility index (Phi) is 5.24. The van der Waals surface area contributed by atoms with Gasteiger partial charge in [0, 0.05) is 42.5 Å². The number of benzene rings is 2. The lowest BCUT2D eigenvalue weighted by Crippen LogP contribution is -2.46. The van der Waals surface area contributed by atoms with Crippen molar-refractivity contribution in [3.05, 3.63) is 65.4 Å². The van der Waals surface area contributed by atoms with Crippen molar-refractivity contribution in [2.45, 2.75) is 37.5 Å². The Labute approximate surface area is 178 Å². The van der Waals surface area contributed by atoms with E-state index in [9.17, 15) is 18.0 Å². The number of carbonyl (C=O) groups is 1. The lowest BCUT2D eigenvalue weighted by molar-refractivity contribution is -0.137. The second-order valence-corrected chi connectivity index (χ2v) is 8.06. The Bertz CT molecular complexity index is 1080. The predicted octanol–water partition coefficient (Wildman–Crippen LogP) is 4.19. The standard InChI is InChI=1S/C23H23F3N4O/c1-30-17-6-7-18(30)12-16(11-17)29-22(31)21(28)19-8-5-14(10-20(19)27)13-3-2-4-15(9-13)23(24,25)26/h2-6,8-10,16,18,28H,7,11-12,27H2,1H3,(H,29,31). The summed E-state index contributed by atoms with van der Waals surface area (Å²) >= 11 is 0. The molecule has 1 fully saturated rings. The van der Waals surface area contributed by atoms with Gasteiger partial charge in [-0.15, -0.1) is 0 Å². The van der Waals surface area contributed by atoms with Crippen LogP contribution in [0.2, 0.25) is 0 Å². The van der Waals surface area contributed by atoms with E-state index in [2.05, 4.69) is 23.3 Å². The van der Waals surface area contributed by atoms with Gasteiger partial charge in [0.15, 0.2) is 0 Å². The number of nitrogens with zero attached hydrogens (tertiary/aromatic N) is 1. The topological polar surface area (TPSA) is 82.2 Å². The van der Waals surface area contributed by atoms with Crippen molar-refractivity contribution in [2.75, 3.05) is 12.8 Å². The van der Waals surface area contributed by atoms with Crippen molar-refractivity contribution in [3.8, 4) is 11.1 Å². The first kappa shape index (κ1) is 21.0. The number of nitrogens with two attached hydrogens (primary N) is 1.